The first-order valence-electron chi connectivity index (χ1n) is 16.4. The van der Waals surface area contributed by atoms with E-state index >= 15 is 0 Å². The summed E-state index contributed by atoms with van der Waals surface area (Å²) < 4.78 is 5.14. The number of benzene rings is 1. The molecule has 260 valence electrons. The van der Waals surface area contributed by atoms with Crippen LogP contribution in [-0.2, 0) is 14.3 Å². The number of amides is 1. The maximum Gasteiger partial charge on any atom is 0.309 e. The Balaban J connectivity index is 0.00000123. The first-order valence-corrected chi connectivity index (χ1v) is 17.1. The molecule has 9 nitrogen and oxygen atoms in total. The summed E-state index contributed by atoms with van der Waals surface area (Å²) in [5.41, 5.74) is 0.668. The number of carbonyl (C=O) groups is 2. The average molecular weight is 679 g/mol. The monoisotopic (exact) mass is 677 g/mol. The van der Waals surface area contributed by atoms with Gasteiger partial charge in [0.15, 0.2) is 6.10 Å². The van der Waals surface area contributed by atoms with Crippen LogP contribution < -0.4 is 5.32 Å². The molecule has 45 heavy (non-hydrogen) atoms. The maximum absolute atomic E-state index is 12.3. The molecule has 1 aromatic carbocycles. The highest BCUT2D eigenvalue weighted by molar-refractivity contribution is 6.42. The average Bonchev–Trinajstić information content (AvgIpc) is 3.04. The fraction of sp³-hybridized carbons (Fsp3) is 0.706. The van der Waals surface area contributed by atoms with Crippen LogP contribution in [0.15, 0.2) is 30.4 Å². The minimum atomic E-state index is -1.69. The molecule has 0 aromatic heterocycles. The Hall–Kier alpha value is -1.72. The minimum Gasteiger partial charge on any atom is -0.456 e. The molecule has 0 aliphatic rings. The summed E-state index contributed by atoms with van der Waals surface area (Å²) in [5.74, 6) is -1.08. The van der Waals surface area contributed by atoms with Gasteiger partial charge in [0.05, 0.1) is 29.2 Å². The van der Waals surface area contributed by atoms with Crippen LogP contribution in [0.2, 0.25) is 10.0 Å². The molecule has 0 saturated carbocycles. The third kappa shape index (κ3) is 20.9. The minimum absolute atomic E-state index is 0.0432. The fourth-order valence-electron chi connectivity index (χ4n) is 4.34. The summed E-state index contributed by atoms with van der Waals surface area (Å²) in [7, 11) is 0. The molecule has 6 N–H and O–H groups in total. The van der Waals surface area contributed by atoms with Gasteiger partial charge in [0.1, 0.15) is 18.3 Å². The molecule has 0 bridgehead atoms. The van der Waals surface area contributed by atoms with Crippen LogP contribution in [0.5, 0.6) is 0 Å². The molecule has 1 unspecified atom stereocenters. The quantitative estimate of drug-likeness (QED) is 0.0430. The Morgan fingerprint density at radius 3 is 1.91 bits per heavy atom. The molecular weight excluding hydrogens is 621 g/mol. The fourth-order valence-corrected chi connectivity index (χ4v) is 4.64. The third-order valence-electron chi connectivity index (χ3n) is 7.31. The van der Waals surface area contributed by atoms with E-state index in [-0.39, 0.29) is 5.91 Å². The molecule has 0 spiro atoms. The van der Waals surface area contributed by atoms with E-state index in [0.717, 1.165) is 32.1 Å². The summed E-state index contributed by atoms with van der Waals surface area (Å²) in [6, 6.07) is 4.98. The van der Waals surface area contributed by atoms with Crippen molar-refractivity contribution in [1.82, 2.24) is 0 Å². The number of rotatable bonds is 23. The van der Waals surface area contributed by atoms with Gasteiger partial charge in [-0.05, 0) is 50.3 Å². The molecule has 0 fully saturated rings. The number of halogens is 2. The van der Waals surface area contributed by atoms with Crippen LogP contribution >= 0.6 is 23.2 Å². The number of allylic oxidation sites excluding steroid dienone is 2. The zero-order valence-electron chi connectivity index (χ0n) is 27.3. The molecule has 5 atom stereocenters. The second-order valence-electron chi connectivity index (χ2n) is 11.3. The van der Waals surface area contributed by atoms with Crippen LogP contribution in [0.25, 0.3) is 0 Å². The van der Waals surface area contributed by atoms with E-state index < -0.39 is 49.5 Å². The van der Waals surface area contributed by atoms with E-state index in [4.69, 9.17) is 38.2 Å². The van der Waals surface area contributed by atoms with Crippen molar-refractivity contribution in [3.63, 3.8) is 0 Å². The van der Waals surface area contributed by atoms with Gasteiger partial charge < -0.3 is 35.6 Å². The molecule has 0 saturated heterocycles. The Bertz CT molecular complexity index is 949. The second-order valence-corrected chi connectivity index (χ2v) is 12.2. The number of aliphatic hydroxyl groups is 5. The standard InChI is InChI=1S/C25H48O7.C9H9Cl2NO/c1-3-4-5-6-7-8-9-10-11-12-13-14-15-16-17-20(2)25(31)32-24(22(29)19-27)23(30)21(28)18-26;1-2-9(13)12-6-3-4-7(10)8(11)5-6/h10-11,20-24,26-30H,3-9,12-19H2,1-2H3;3-5H,2H2,1H3,(H,12,13)/b11-10-;/t20?,21-,22-,23-,24-;/m1./s1. The molecule has 0 heterocycles. The van der Waals surface area contributed by atoms with Gasteiger partial charge in [0, 0.05) is 12.1 Å². The molecule has 1 rings (SSSR count). The summed E-state index contributed by atoms with van der Waals surface area (Å²) in [6.07, 6.45) is 13.6. The van der Waals surface area contributed by atoms with E-state index in [9.17, 15) is 24.9 Å². The molecule has 0 aliphatic heterocycles. The first-order chi connectivity index (χ1) is 21.5. The smallest absolute Gasteiger partial charge is 0.309 e. The lowest BCUT2D eigenvalue weighted by molar-refractivity contribution is -0.180. The van der Waals surface area contributed by atoms with Gasteiger partial charge in [-0.15, -0.1) is 0 Å². The highest BCUT2D eigenvalue weighted by atomic mass is 35.5. The van der Waals surface area contributed by atoms with Crippen LogP contribution in [-0.4, -0.2) is 75.0 Å². The van der Waals surface area contributed by atoms with Gasteiger partial charge in [-0.25, -0.2) is 0 Å². The van der Waals surface area contributed by atoms with Gasteiger partial charge in [-0.2, -0.15) is 0 Å². The molecule has 0 aliphatic carbocycles. The van der Waals surface area contributed by atoms with Crippen molar-refractivity contribution in [3.05, 3.63) is 40.4 Å². The van der Waals surface area contributed by atoms with Gasteiger partial charge in [-0.1, -0.05) is 107 Å². The van der Waals surface area contributed by atoms with E-state index in [1.807, 2.05) is 0 Å². The zero-order valence-corrected chi connectivity index (χ0v) is 28.8. The van der Waals surface area contributed by atoms with Crippen LogP contribution in [0.1, 0.15) is 111 Å². The van der Waals surface area contributed by atoms with E-state index in [0.29, 0.717) is 28.6 Å². The number of esters is 1. The summed E-state index contributed by atoms with van der Waals surface area (Å²) in [6.45, 7) is 4.24. The van der Waals surface area contributed by atoms with Crippen molar-refractivity contribution >= 4 is 40.8 Å². The highest BCUT2D eigenvalue weighted by Crippen LogP contribution is 2.25. The second kappa shape index (κ2) is 27.4. The lowest BCUT2D eigenvalue weighted by atomic mass is 10.0. The Morgan fingerprint density at radius 1 is 0.822 bits per heavy atom. The number of aliphatic hydroxyl groups excluding tert-OH is 5. The summed E-state index contributed by atoms with van der Waals surface area (Å²) >= 11 is 11.5. The number of hydrogen-bond donors (Lipinski definition) is 6. The number of carbonyl (C=O) groups excluding carboxylic acids is 2. The molecule has 11 heteroatoms. The van der Waals surface area contributed by atoms with Crippen LogP contribution in [0.4, 0.5) is 5.69 Å². The first kappa shape index (κ1) is 43.3. The van der Waals surface area contributed by atoms with Crippen molar-refractivity contribution < 1.29 is 39.9 Å². The summed E-state index contributed by atoms with van der Waals surface area (Å²) in [4.78, 5) is 23.3. The zero-order chi connectivity index (χ0) is 34.0. The van der Waals surface area contributed by atoms with Crippen molar-refractivity contribution in [1.29, 1.82) is 0 Å². The number of unbranched alkanes of at least 4 members (excludes halogenated alkanes) is 10. The SMILES string of the molecule is CCC(=O)Nc1ccc(Cl)c(Cl)c1.CCCCCCCC/C=C\CCCCCCC(C)C(=O)O[C@@H]([C@H](O)[C@H](O)CO)[C@H](O)CO. The number of nitrogens with one attached hydrogen (secondary N) is 1. The van der Waals surface area contributed by atoms with Crippen LogP contribution in [0.3, 0.4) is 0 Å². The van der Waals surface area contributed by atoms with Gasteiger partial charge in [0.25, 0.3) is 0 Å². The lowest BCUT2D eigenvalue weighted by Gasteiger charge is -2.29. The largest absolute Gasteiger partial charge is 0.456 e. The summed E-state index contributed by atoms with van der Waals surface area (Å²) in [5, 5.41) is 50.9. The Morgan fingerprint density at radius 2 is 1.38 bits per heavy atom. The van der Waals surface area contributed by atoms with Gasteiger partial charge >= 0.3 is 5.97 Å². The molecule has 1 aromatic rings. The predicted octanol–water partition coefficient (Wildman–Crippen LogP) is 6.59. The van der Waals surface area contributed by atoms with E-state index in [2.05, 4.69) is 24.4 Å². The van der Waals surface area contributed by atoms with E-state index in [1.54, 1.807) is 32.0 Å². The number of hydrogen-bond acceptors (Lipinski definition) is 8. The predicted molar refractivity (Wildman–Crippen MR) is 181 cm³/mol. The number of ether oxygens (including phenoxy) is 1. The maximum atomic E-state index is 12.3. The van der Waals surface area contributed by atoms with Gasteiger partial charge in [-0.3, -0.25) is 9.59 Å². The Kier molecular flexibility index (Phi) is 26.4. The van der Waals surface area contributed by atoms with Crippen molar-refractivity contribution in [2.45, 2.75) is 135 Å². The van der Waals surface area contributed by atoms with E-state index in [1.165, 1.54) is 44.9 Å². The third-order valence-corrected chi connectivity index (χ3v) is 8.05. The number of anilines is 1. The van der Waals surface area contributed by atoms with Crippen molar-refractivity contribution in [3.8, 4) is 0 Å². The highest BCUT2D eigenvalue weighted by Gasteiger charge is 2.35. The lowest BCUT2D eigenvalue weighted by Crippen LogP contribution is -2.50. The van der Waals surface area contributed by atoms with Crippen LogP contribution in [0, 0.1) is 5.92 Å². The Labute approximate surface area is 280 Å². The molecule has 0 radical (unpaired) electrons. The topological polar surface area (TPSA) is 157 Å². The van der Waals surface area contributed by atoms with Crippen molar-refractivity contribution in [2.75, 3.05) is 18.5 Å². The molecule has 1 amide bonds. The van der Waals surface area contributed by atoms with Gasteiger partial charge in [0.2, 0.25) is 5.91 Å². The molecular formula is C34H57Cl2NO8. The normalized spacial score (nSPS) is 14.6. The van der Waals surface area contributed by atoms with Crippen molar-refractivity contribution in [2.24, 2.45) is 5.92 Å².